The second-order valence-electron chi connectivity index (χ2n) is 6.79. The average molecular weight is 432 g/mol. The van der Waals surface area contributed by atoms with Crippen molar-refractivity contribution in [2.45, 2.75) is 63.3 Å². The first kappa shape index (κ1) is 27.2. The fraction of sp³-hybridized carbons (Fsp3) is 0.706. The second kappa shape index (κ2) is 14.3. The van der Waals surface area contributed by atoms with Gasteiger partial charge in [0.1, 0.15) is 18.1 Å². The summed E-state index contributed by atoms with van der Waals surface area (Å²) in [6.45, 7) is 1.19. The minimum Gasteiger partial charge on any atom is -0.480 e. The highest BCUT2D eigenvalue weighted by molar-refractivity contribution is 5.92. The molecule has 11 N–H and O–H groups in total. The molecule has 0 fully saturated rings. The van der Waals surface area contributed by atoms with Gasteiger partial charge in [-0.1, -0.05) is 0 Å². The number of carbonyl (C=O) groups is 5. The molecule has 0 aliphatic rings. The van der Waals surface area contributed by atoms with Crippen LogP contribution in [0, 0.1) is 0 Å². The van der Waals surface area contributed by atoms with Crippen LogP contribution in [0.15, 0.2) is 0 Å². The third kappa shape index (κ3) is 11.3. The van der Waals surface area contributed by atoms with Gasteiger partial charge in [0.2, 0.25) is 23.6 Å². The van der Waals surface area contributed by atoms with Crippen molar-refractivity contribution in [3.05, 3.63) is 0 Å². The average Bonchev–Trinajstić information content (AvgIpc) is 2.67. The van der Waals surface area contributed by atoms with E-state index in [4.69, 9.17) is 17.2 Å². The standard InChI is InChI=1S/C17H32N6O7/c1-9(24)14(20)16(28)21-8-13(26)22-10(4-2-3-7-18)15(27)23-11(17(29)30)5-6-12(19)25/h9-11,14,24H,2-8,18,20H2,1H3,(H2,19,25)(H,21,28)(H,22,26)(H,23,27)(H,29,30). The predicted octanol–water partition coefficient (Wildman–Crippen LogP) is -3.74. The number of hydrogen-bond acceptors (Lipinski definition) is 8. The smallest absolute Gasteiger partial charge is 0.326 e. The Labute approximate surface area is 174 Å². The molecule has 30 heavy (non-hydrogen) atoms. The van der Waals surface area contributed by atoms with Crippen LogP contribution in [0.2, 0.25) is 0 Å². The van der Waals surface area contributed by atoms with Crippen LogP contribution in [0.1, 0.15) is 39.0 Å². The van der Waals surface area contributed by atoms with Crippen molar-refractivity contribution in [2.24, 2.45) is 17.2 Å². The number of rotatable bonds is 15. The number of carboxylic acids is 1. The molecule has 0 aromatic heterocycles. The van der Waals surface area contributed by atoms with Crippen LogP contribution in [0.25, 0.3) is 0 Å². The van der Waals surface area contributed by atoms with Crippen molar-refractivity contribution in [1.29, 1.82) is 0 Å². The van der Waals surface area contributed by atoms with Gasteiger partial charge in [0.25, 0.3) is 0 Å². The van der Waals surface area contributed by atoms with E-state index in [1.165, 1.54) is 6.92 Å². The van der Waals surface area contributed by atoms with Crippen LogP contribution < -0.4 is 33.2 Å². The van der Waals surface area contributed by atoms with Crippen LogP contribution in [0.4, 0.5) is 0 Å². The summed E-state index contributed by atoms with van der Waals surface area (Å²) < 4.78 is 0. The van der Waals surface area contributed by atoms with Gasteiger partial charge in [0.05, 0.1) is 12.6 Å². The molecule has 0 radical (unpaired) electrons. The Balaban J connectivity index is 4.95. The molecule has 13 nitrogen and oxygen atoms in total. The molecule has 13 heteroatoms. The Kier molecular flexibility index (Phi) is 12.9. The first-order chi connectivity index (χ1) is 14.0. The minimum absolute atomic E-state index is 0.179. The fourth-order valence-electron chi connectivity index (χ4n) is 2.33. The lowest BCUT2D eigenvalue weighted by Gasteiger charge is -2.22. The van der Waals surface area contributed by atoms with Crippen LogP contribution in [0.3, 0.4) is 0 Å². The Morgan fingerprint density at radius 3 is 2.10 bits per heavy atom. The summed E-state index contributed by atoms with van der Waals surface area (Å²) in [6.07, 6.45) is -0.324. The van der Waals surface area contributed by atoms with Gasteiger partial charge >= 0.3 is 5.97 Å². The van der Waals surface area contributed by atoms with E-state index in [0.717, 1.165) is 0 Å². The molecule has 0 saturated heterocycles. The third-order valence-corrected chi connectivity index (χ3v) is 4.14. The number of aliphatic carboxylic acids is 1. The summed E-state index contributed by atoms with van der Waals surface area (Å²) in [4.78, 5) is 58.5. The highest BCUT2D eigenvalue weighted by Crippen LogP contribution is 2.04. The summed E-state index contributed by atoms with van der Waals surface area (Å²) in [7, 11) is 0. The van der Waals surface area contributed by atoms with Crippen molar-refractivity contribution >= 4 is 29.6 Å². The number of nitrogens with two attached hydrogens (primary N) is 3. The SMILES string of the molecule is CC(O)C(N)C(=O)NCC(=O)NC(CCCCN)C(=O)NC(CCC(N)=O)C(=O)O. The summed E-state index contributed by atoms with van der Waals surface area (Å²) in [6, 6.07) is -3.66. The minimum atomic E-state index is -1.36. The molecule has 0 aromatic rings. The second-order valence-corrected chi connectivity index (χ2v) is 6.79. The van der Waals surface area contributed by atoms with Crippen molar-refractivity contribution in [2.75, 3.05) is 13.1 Å². The van der Waals surface area contributed by atoms with Crippen LogP contribution in [-0.2, 0) is 24.0 Å². The number of nitrogens with one attached hydrogen (secondary N) is 3. The van der Waals surface area contributed by atoms with Gasteiger partial charge < -0.3 is 43.4 Å². The van der Waals surface area contributed by atoms with E-state index >= 15 is 0 Å². The quantitative estimate of drug-likeness (QED) is 0.118. The summed E-state index contributed by atoms with van der Waals surface area (Å²) in [5, 5.41) is 25.4. The number of amides is 4. The van der Waals surface area contributed by atoms with Gasteiger partial charge in [-0.2, -0.15) is 0 Å². The van der Waals surface area contributed by atoms with Gasteiger partial charge in [-0.3, -0.25) is 19.2 Å². The molecule has 4 amide bonds. The molecule has 4 unspecified atom stereocenters. The molecule has 172 valence electrons. The number of hydrogen-bond donors (Lipinski definition) is 8. The third-order valence-electron chi connectivity index (χ3n) is 4.14. The zero-order chi connectivity index (χ0) is 23.3. The van der Waals surface area contributed by atoms with Gasteiger partial charge in [-0.15, -0.1) is 0 Å². The topological polar surface area (TPSA) is 240 Å². The summed E-state index contributed by atoms with van der Waals surface area (Å²) in [5.41, 5.74) is 15.9. The number of carbonyl (C=O) groups excluding carboxylic acids is 4. The van der Waals surface area contributed by atoms with E-state index in [1.807, 2.05) is 0 Å². The number of aliphatic hydroxyl groups is 1. The lowest BCUT2D eigenvalue weighted by Crippen LogP contribution is -2.54. The van der Waals surface area contributed by atoms with Crippen LogP contribution in [0.5, 0.6) is 0 Å². The normalized spacial score (nSPS) is 14.7. The Morgan fingerprint density at radius 2 is 1.60 bits per heavy atom. The van der Waals surface area contributed by atoms with Crippen molar-refractivity contribution in [3.63, 3.8) is 0 Å². The lowest BCUT2D eigenvalue weighted by molar-refractivity contribution is -0.142. The lowest BCUT2D eigenvalue weighted by atomic mass is 10.1. The largest absolute Gasteiger partial charge is 0.480 e. The van der Waals surface area contributed by atoms with Crippen molar-refractivity contribution in [1.82, 2.24) is 16.0 Å². The maximum Gasteiger partial charge on any atom is 0.326 e. The molecule has 0 rings (SSSR count). The zero-order valence-electron chi connectivity index (χ0n) is 16.9. The molecule has 0 aliphatic carbocycles. The number of carboxylic acid groups (broad SMARTS) is 1. The maximum absolute atomic E-state index is 12.5. The molecule has 0 aliphatic heterocycles. The van der Waals surface area contributed by atoms with Gasteiger partial charge in [-0.25, -0.2) is 4.79 Å². The van der Waals surface area contributed by atoms with E-state index in [2.05, 4.69) is 16.0 Å². The van der Waals surface area contributed by atoms with Gasteiger partial charge in [0, 0.05) is 6.42 Å². The molecular weight excluding hydrogens is 400 g/mol. The summed E-state index contributed by atoms with van der Waals surface area (Å²) >= 11 is 0. The van der Waals surface area contributed by atoms with E-state index in [-0.39, 0.29) is 19.3 Å². The predicted molar refractivity (Wildman–Crippen MR) is 105 cm³/mol. The first-order valence-corrected chi connectivity index (χ1v) is 9.51. The van der Waals surface area contributed by atoms with Gasteiger partial charge in [-0.05, 0) is 39.2 Å². The molecule has 0 aromatic carbocycles. The fourth-order valence-corrected chi connectivity index (χ4v) is 2.33. The van der Waals surface area contributed by atoms with Crippen LogP contribution in [-0.4, -0.2) is 77.1 Å². The van der Waals surface area contributed by atoms with Crippen molar-refractivity contribution in [3.8, 4) is 0 Å². The van der Waals surface area contributed by atoms with Crippen LogP contribution >= 0.6 is 0 Å². The number of unbranched alkanes of at least 4 members (excludes halogenated alkanes) is 1. The molecule has 0 bridgehead atoms. The first-order valence-electron chi connectivity index (χ1n) is 9.51. The molecule has 0 saturated carbocycles. The highest BCUT2D eigenvalue weighted by Gasteiger charge is 2.27. The Morgan fingerprint density at radius 1 is 0.967 bits per heavy atom. The molecule has 0 spiro atoms. The van der Waals surface area contributed by atoms with E-state index in [0.29, 0.717) is 19.4 Å². The van der Waals surface area contributed by atoms with Gasteiger partial charge in [0.15, 0.2) is 0 Å². The zero-order valence-corrected chi connectivity index (χ0v) is 16.9. The monoisotopic (exact) mass is 432 g/mol. The van der Waals surface area contributed by atoms with E-state index < -0.39 is 60.4 Å². The maximum atomic E-state index is 12.5. The molecule has 0 heterocycles. The number of aliphatic hydroxyl groups excluding tert-OH is 1. The summed E-state index contributed by atoms with van der Waals surface area (Å²) in [5.74, 6) is -4.28. The number of primary amides is 1. The molecule has 4 atom stereocenters. The van der Waals surface area contributed by atoms with E-state index in [9.17, 15) is 34.2 Å². The van der Waals surface area contributed by atoms with E-state index in [1.54, 1.807) is 0 Å². The molecular formula is C17H32N6O7. The highest BCUT2D eigenvalue weighted by atomic mass is 16.4. The Bertz CT molecular complexity index is 613. The Hall–Kier alpha value is -2.77. The van der Waals surface area contributed by atoms with Crippen molar-refractivity contribution < 1.29 is 34.2 Å².